The summed E-state index contributed by atoms with van der Waals surface area (Å²) in [4.78, 5) is 36.7. The molecule has 2 N–H and O–H groups in total. The Bertz CT molecular complexity index is 1090. The maximum atomic E-state index is 13.3. The van der Waals surface area contributed by atoms with Crippen molar-refractivity contribution in [1.82, 2.24) is 5.32 Å². The molecule has 1 unspecified atom stereocenters. The van der Waals surface area contributed by atoms with E-state index in [2.05, 4.69) is 10.6 Å². The number of amides is 1. The second-order valence-corrected chi connectivity index (χ2v) is 7.43. The van der Waals surface area contributed by atoms with Crippen molar-refractivity contribution in [1.29, 1.82) is 0 Å². The van der Waals surface area contributed by atoms with Gasteiger partial charge in [-0.1, -0.05) is 30.3 Å². The molecule has 7 heteroatoms. The van der Waals surface area contributed by atoms with Crippen LogP contribution in [-0.2, 0) is 9.59 Å². The zero-order valence-corrected chi connectivity index (χ0v) is 16.5. The lowest BCUT2D eigenvalue weighted by Gasteiger charge is -2.34. The van der Waals surface area contributed by atoms with Gasteiger partial charge in [0.15, 0.2) is 5.78 Å². The van der Waals surface area contributed by atoms with Crippen LogP contribution in [0.25, 0.3) is 0 Å². The average molecular weight is 403 g/mol. The Balaban J connectivity index is 1.79. The molecule has 4 rings (SSSR count). The molecule has 2 aliphatic rings. The highest BCUT2D eigenvalue weighted by Gasteiger charge is 2.38. The lowest BCUT2D eigenvalue weighted by Crippen LogP contribution is -2.35. The number of non-ortho nitro benzene ring substituents is 1. The Morgan fingerprint density at radius 2 is 1.80 bits per heavy atom. The second-order valence-electron chi connectivity index (χ2n) is 7.43. The molecule has 1 aliphatic heterocycles. The van der Waals surface area contributed by atoms with Gasteiger partial charge in [-0.3, -0.25) is 19.7 Å². The molecule has 0 saturated heterocycles. The van der Waals surface area contributed by atoms with Crippen LogP contribution in [0.1, 0.15) is 37.7 Å². The van der Waals surface area contributed by atoms with Crippen molar-refractivity contribution in [2.45, 2.75) is 32.1 Å². The minimum absolute atomic E-state index is 0.00427. The maximum Gasteiger partial charge on any atom is 0.269 e. The lowest BCUT2D eigenvalue weighted by molar-refractivity contribution is -0.384. The number of nitrogens with one attached hydrogen (secondary N) is 2. The zero-order valence-electron chi connectivity index (χ0n) is 16.5. The van der Waals surface area contributed by atoms with Gasteiger partial charge < -0.3 is 10.6 Å². The first kappa shape index (κ1) is 19.6. The molecule has 2 aromatic carbocycles. The fraction of sp³-hybridized carbons (Fsp3) is 0.217. The third-order valence-electron chi connectivity index (χ3n) is 5.49. The summed E-state index contributed by atoms with van der Waals surface area (Å²) in [5.41, 5.74) is 3.85. The smallest absolute Gasteiger partial charge is 0.269 e. The van der Waals surface area contributed by atoms with E-state index in [-0.39, 0.29) is 17.4 Å². The van der Waals surface area contributed by atoms with Gasteiger partial charge in [0.25, 0.3) is 11.6 Å². The van der Waals surface area contributed by atoms with Crippen LogP contribution in [0.2, 0.25) is 0 Å². The third kappa shape index (κ3) is 3.61. The van der Waals surface area contributed by atoms with Crippen LogP contribution in [0.5, 0.6) is 0 Å². The van der Waals surface area contributed by atoms with E-state index in [0.717, 1.165) is 18.5 Å². The quantitative estimate of drug-likeness (QED) is 0.588. The van der Waals surface area contributed by atoms with E-state index in [4.69, 9.17) is 0 Å². The van der Waals surface area contributed by atoms with E-state index in [1.165, 1.54) is 12.1 Å². The number of allylic oxidation sites excluding steroid dienone is 3. The van der Waals surface area contributed by atoms with Crippen LogP contribution in [0.15, 0.2) is 77.1 Å². The summed E-state index contributed by atoms with van der Waals surface area (Å²) in [5, 5.41) is 17.2. The Morgan fingerprint density at radius 3 is 2.47 bits per heavy atom. The van der Waals surface area contributed by atoms with Crippen LogP contribution in [0.4, 0.5) is 11.4 Å². The Hall–Kier alpha value is -3.74. The van der Waals surface area contributed by atoms with Crippen LogP contribution in [0, 0.1) is 10.1 Å². The van der Waals surface area contributed by atoms with Gasteiger partial charge in [0.1, 0.15) is 0 Å². The number of nitrogens with zero attached hydrogens (tertiary/aromatic N) is 1. The van der Waals surface area contributed by atoms with Crippen molar-refractivity contribution in [2.24, 2.45) is 0 Å². The number of benzene rings is 2. The molecule has 0 radical (unpaired) electrons. The highest BCUT2D eigenvalue weighted by atomic mass is 16.6. The second kappa shape index (κ2) is 7.94. The zero-order chi connectivity index (χ0) is 21.3. The number of carbonyl (C=O) groups excluding carboxylic acids is 2. The molecule has 1 heterocycles. The molecule has 30 heavy (non-hydrogen) atoms. The maximum absolute atomic E-state index is 13.3. The molecule has 7 nitrogen and oxygen atoms in total. The number of para-hydroxylation sites is 1. The molecule has 0 aromatic heterocycles. The number of hydrogen-bond acceptors (Lipinski definition) is 5. The van der Waals surface area contributed by atoms with E-state index >= 15 is 0 Å². The lowest BCUT2D eigenvalue weighted by atomic mass is 9.75. The molecule has 0 fully saturated rings. The van der Waals surface area contributed by atoms with Gasteiger partial charge in [-0.25, -0.2) is 0 Å². The minimum Gasteiger partial charge on any atom is -0.362 e. The van der Waals surface area contributed by atoms with Crippen LogP contribution < -0.4 is 10.6 Å². The van der Waals surface area contributed by atoms with Crippen molar-refractivity contribution in [3.05, 3.63) is 92.8 Å². The molecule has 1 amide bonds. The van der Waals surface area contributed by atoms with Crippen molar-refractivity contribution < 1.29 is 14.5 Å². The van der Waals surface area contributed by atoms with Crippen LogP contribution >= 0.6 is 0 Å². The third-order valence-corrected chi connectivity index (χ3v) is 5.49. The standard InChI is InChI=1S/C23H21N3O4/c1-14-20(23(28)25-16-6-3-2-4-7-16)21(15-10-12-17(13-11-15)26(29)30)22-18(24-14)8-5-9-19(22)27/h2-4,6-7,10-13,21,24H,5,8-9H2,1H3,(H,25,28). The number of rotatable bonds is 4. The average Bonchev–Trinajstić information content (AvgIpc) is 2.73. The number of carbonyl (C=O) groups is 2. The van der Waals surface area contributed by atoms with Crippen LogP contribution in [-0.4, -0.2) is 16.6 Å². The summed E-state index contributed by atoms with van der Waals surface area (Å²) in [6, 6.07) is 15.2. The number of hydrogen-bond donors (Lipinski definition) is 2. The number of Topliss-reactive ketones (excluding diaryl/α,β-unsaturated/α-hetero) is 1. The summed E-state index contributed by atoms with van der Waals surface area (Å²) in [5.74, 6) is -0.873. The first-order chi connectivity index (χ1) is 14.5. The topological polar surface area (TPSA) is 101 Å². The molecule has 2 aromatic rings. The summed E-state index contributed by atoms with van der Waals surface area (Å²) in [6.07, 6.45) is 1.92. The van der Waals surface area contributed by atoms with Crippen molar-refractivity contribution >= 4 is 23.1 Å². The van der Waals surface area contributed by atoms with E-state index in [1.54, 1.807) is 24.3 Å². The molecule has 1 atom stereocenters. The van der Waals surface area contributed by atoms with E-state index in [9.17, 15) is 19.7 Å². The van der Waals surface area contributed by atoms with Gasteiger partial charge in [0, 0.05) is 52.7 Å². The Labute approximate surface area is 173 Å². The van der Waals surface area contributed by atoms with Gasteiger partial charge in [-0.2, -0.15) is 0 Å². The minimum atomic E-state index is -0.571. The molecule has 0 saturated carbocycles. The van der Waals surface area contributed by atoms with E-state index < -0.39 is 10.8 Å². The summed E-state index contributed by atoms with van der Waals surface area (Å²) < 4.78 is 0. The highest BCUT2D eigenvalue weighted by molar-refractivity contribution is 6.09. The van der Waals surface area contributed by atoms with Crippen molar-refractivity contribution in [3.8, 4) is 0 Å². The normalized spacial score (nSPS) is 18.6. The molecule has 0 bridgehead atoms. The van der Waals surface area contributed by atoms with Crippen molar-refractivity contribution in [3.63, 3.8) is 0 Å². The van der Waals surface area contributed by atoms with Gasteiger partial charge in [0.2, 0.25) is 0 Å². The Kier molecular flexibility index (Phi) is 5.18. The predicted octanol–water partition coefficient (Wildman–Crippen LogP) is 4.20. The first-order valence-corrected chi connectivity index (χ1v) is 9.80. The SMILES string of the molecule is CC1=C(C(=O)Nc2ccccc2)C(c2ccc([N+](=O)[O-])cc2)C2=C(CCCC2=O)N1. The number of anilines is 1. The van der Waals surface area contributed by atoms with Gasteiger partial charge in [0.05, 0.1) is 4.92 Å². The summed E-state index contributed by atoms with van der Waals surface area (Å²) in [7, 11) is 0. The fourth-order valence-electron chi connectivity index (χ4n) is 4.13. The number of nitro groups is 1. The number of nitro benzene ring substituents is 1. The molecular weight excluding hydrogens is 382 g/mol. The first-order valence-electron chi connectivity index (χ1n) is 9.80. The summed E-state index contributed by atoms with van der Waals surface area (Å²) in [6.45, 7) is 1.82. The van der Waals surface area contributed by atoms with Crippen molar-refractivity contribution in [2.75, 3.05) is 5.32 Å². The summed E-state index contributed by atoms with van der Waals surface area (Å²) >= 11 is 0. The van der Waals surface area contributed by atoms with E-state index in [1.807, 2.05) is 25.1 Å². The fourth-order valence-corrected chi connectivity index (χ4v) is 4.13. The van der Waals surface area contributed by atoms with E-state index in [0.29, 0.717) is 34.5 Å². The number of ketones is 1. The van der Waals surface area contributed by atoms with Gasteiger partial charge in [-0.15, -0.1) is 0 Å². The predicted molar refractivity (Wildman–Crippen MR) is 113 cm³/mol. The molecule has 152 valence electrons. The monoisotopic (exact) mass is 403 g/mol. The highest BCUT2D eigenvalue weighted by Crippen LogP contribution is 2.42. The van der Waals surface area contributed by atoms with Crippen LogP contribution in [0.3, 0.4) is 0 Å². The number of dihydropyridines is 1. The largest absolute Gasteiger partial charge is 0.362 e. The molecule has 1 aliphatic carbocycles. The Morgan fingerprint density at radius 1 is 1.10 bits per heavy atom. The van der Waals surface area contributed by atoms with Gasteiger partial charge in [-0.05, 0) is 37.5 Å². The van der Waals surface area contributed by atoms with Gasteiger partial charge >= 0.3 is 0 Å². The molecule has 0 spiro atoms. The molecular formula is C23H21N3O4.